The van der Waals surface area contributed by atoms with Crippen molar-refractivity contribution in [3.05, 3.63) is 22.4 Å². The first-order valence-corrected chi connectivity index (χ1v) is 4.10. The maximum Gasteiger partial charge on any atom is 0.355 e. The Morgan fingerprint density at radius 1 is 1.55 bits per heavy atom. The normalized spacial score (nSPS) is 15.9. The summed E-state index contributed by atoms with van der Waals surface area (Å²) >= 11 is 3.33. The number of carbonyl (C=O) groups excluding carboxylic acids is 1. The van der Waals surface area contributed by atoms with Crippen molar-refractivity contribution in [1.29, 1.82) is 0 Å². The van der Waals surface area contributed by atoms with Crippen LogP contribution >= 0.6 is 15.9 Å². The molecule has 1 aliphatic heterocycles. The number of cyclic esters (lactones) is 1. The summed E-state index contributed by atoms with van der Waals surface area (Å²) in [4.78, 5) is 11.0. The number of carbonyl (C=O) groups is 1. The molecular weight excluding hydrogens is 210 g/mol. The maximum absolute atomic E-state index is 11.0. The van der Waals surface area contributed by atoms with Crippen LogP contribution in [0.3, 0.4) is 0 Å². The van der Waals surface area contributed by atoms with Crippen molar-refractivity contribution in [2.45, 2.75) is 6.54 Å². The summed E-state index contributed by atoms with van der Waals surface area (Å²) in [6, 6.07) is 3.60. The molecule has 0 fully saturated rings. The molecule has 0 saturated heterocycles. The minimum Gasteiger partial charge on any atom is -0.459 e. The predicted octanol–water partition coefficient (Wildman–Crippen LogP) is 1.42. The highest BCUT2D eigenvalue weighted by Crippen LogP contribution is 2.18. The highest BCUT2D eigenvalue weighted by molar-refractivity contribution is 9.10. The lowest BCUT2D eigenvalue weighted by Gasteiger charge is -2.15. The first-order chi connectivity index (χ1) is 5.29. The van der Waals surface area contributed by atoms with Gasteiger partial charge in [0.2, 0.25) is 0 Å². The average molecular weight is 216 g/mol. The quantitative estimate of drug-likeness (QED) is 0.614. The standard InChI is InChI=1S/C7H6BrNO2/c8-6-2-1-5-7(10)11-4-3-9(5)6/h1-2H,3-4H2. The van der Waals surface area contributed by atoms with Crippen molar-refractivity contribution in [1.82, 2.24) is 4.57 Å². The van der Waals surface area contributed by atoms with Gasteiger partial charge in [0.1, 0.15) is 12.3 Å². The Hall–Kier alpha value is -0.770. The third kappa shape index (κ3) is 0.976. The summed E-state index contributed by atoms with van der Waals surface area (Å²) in [6.07, 6.45) is 0. The minimum atomic E-state index is -0.234. The van der Waals surface area contributed by atoms with E-state index in [1.807, 2.05) is 10.6 Å². The van der Waals surface area contributed by atoms with Gasteiger partial charge in [-0.1, -0.05) is 0 Å². The average Bonchev–Trinajstić information content (AvgIpc) is 2.35. The number of halogens is 1. The molecule has 11 heavy (non-hydrogen) atoms. The Morgan fingerprint density at radius 3 is 3.09 bits per heavy atom. The third-order valence-corrected chi connectivity index (χ3v) is 2.38. The van der Waals surface area contributed by atoms with Crippen molar-refractivity contribution < 1.29 is 9.53 Å². The smallest absolute Gasteiger partial charge is 0.355 e. The van der Waals surface area contributed by atoms with Crippen molar-refractivity contribution in [2.24, 2.45) is 0 Å². The van der Waals surface area contributed by atoms with Crippen LogP contribution in [0.2, 0.25) is 0 Å². The van der Waals surface area contributed by atoms with Crippen LogP contribution in [-0.2, 0) is 11.3 Å². The molecule has 4 heteroatoms. The van der Waals surface area contributed by atoms with Crippen LogP contribution in [-0.4, -0.2) is 17.1 Å². The number of fused-ring (bicyclic) bond motifs is 1. The summed E-state index contributed by atoms with van der Waals surface area (Å²) in [5.41, 5.74) is 0.628. The van der Waals surface area contributed by atoms with E-state index in [0.29, 0.717) is 12.3 Å². The molecule has 0 radical (unpaired) electrons. The molecule has 0 aliphatic carbocycles. The second-order valence-electron chi connectivity index (χ2n) is 2.33. The fourth-order valence-corrected chi connectivity index (χ4v) is 1.65. The van der Waals surface area contributed by atoms with Crippen LogP contribution in [0.1, 0.15) is 10.5 Å². The van der Waals surface area contributed by atoms with E-state index in [0.717, 1.165) is 11.1 Å². The summed E-state index contributed by atoms with van der Waals surface area (Å²) in [5.74, 6) is -0.234. The molecule has 2 heterocycles. The monoisotopic (exact) mass is 215 g/mol. The van der Waals surface area contributed by atoms with Gasteiger partial charge in [-0.15, -0.1) is 0 Å². The van der Waals surface area contributed by atoms with Gasteiger partial charge in [-0.05, 0) is 28.1 Å². The molecule has 0 saturated carbocycles. The number of nitrogens with zero attached hydrogens (tertiary/aromatic N) is 1. The molecule has 58 valence electrons. The van der Waals surface area contributed by atoms with Crippen LogP contribution in [0.5, 0.6) is 0 Å². The maximum atomic E-state index is 11.0. The van der Waals surface area contributed by atoms with Gasteiger partial charge in [0.15, 0.2) is 0 Å². The van der Waals surface area contributed by atoms with E-state index in [1.165, 1.54) is 0 Å². The lowest BCUT2D eigenvalue weighted by molar-refractivity contribution is 0.0421. The minimum absolute atomic E-state index is 0.234. The molecule has 3 nitrogen and oxygen atoms in total. The molecule has 0 bridgehead atoms. The number of hydrogen-bond acceptors (Lipinski definition) is 2. The summed E-state index contributed by atoms with van der Waals surface area (Å²) in [6.45, 7) is 1.22. The number of rotatable bonds is 0. The second-order valence-corrected chi connectivity index (χ2v) is 3.14. The summed E-state index contributed by atoms with van der Waals surface area (Å²) in [5, 5.41) is 0. The first-order valence-electron chi connectivity index (χ1n) is 3.31. The number of hydrogen-bond donors (Lipinski definition) is 0. The molecule has 0 spiro atoms. The molecular formula is C7H6BrNO2. The Kier molecular flexibility index (Phi) is 1.49. The molecule has 0 atom stereocenters. The second kappa shape index (κ2) is 2.37. The Balaban J connectivity index is 2.55. The Bertz CT molecular complexity index is 305. The van der Waals surface area contributed by atoms with Gasteiger partial charge in [-0.2, -0.15) is 0 Å². The van der Waals surface area contributed by atoms with Gasteiger partial charge in [-0.3, -0.25) is 0 Å². The lowest BCUT2D eigenvalue weighted by Crippen LogP contribution is -2.22. The first kappa shape index (κ1) is 6.91. The van der Waals surface area contributed by atoms with Gasteiger partial charge in [0.25, 0.3) is 0 Å². The lowest BCUT2D eigenvalue weighted by atomic mass is 10.4. The highest BCUT2D eigenvalue weighted by atomic mass is 79.9. The van der Waals surface area contributed by atoms with E-state index < -0.39 is 0 Å². The SMILES string of the molecule is O=C1OCCn2c(Br)ccc21. The highest BCUT2D eigenvalue weighted by Gasteiger charge is 2.19. The van der Waals surface area contributed by atoms with Crippen molar-refractivity contribution in [3.8, 4) is 0 Å². The molecule has 0 amide bonds. The Labute approximate surface area is 72.1 Å². The van der Waals surface area contributed by atoms with Crippen LogP contribution in [0, 0.1) is 0 Å². The molecule has 1 aromatic heterocycles. The summed E-state index contributed by atoms with van der Waals surface area (Å²) in [7, 11) is 0. The van der Waals surface area contributed by atoms with Crippen LogP contribution in [0.25, 0.3) is 0 Å². The predicted molar refractivity (Wildman–Crippen MR) is 42.4 cm³/mol. The fraction of sp³-hybridized carbons (Fsp3) is 0.286. The van der Waals surface area contributed by atoms with E-state index in [1.54, 1.807) is 6.07 Å². The zero-order valence-electron chi connectivity index (χ0n) is 5.71. The van der Waals surface area contributed by atoms with E-state index in [9.17, 15) is 4.79 Å². The third-order valence-electron chi connectivity index (χ3n) is 1.68. The van der Waals surface area contributed by atoms with Crippen LogP contribution in [0.15, 0.2) is 16.7 Å². The van der Waals surface area contributed by atoms with Crippen LogP contribution in [0.4, 0.5) is 0 Å². The number of esters is 1. The van der Waals surface area contributed by atoms with Crippen LogP contribution < -0.4 is 0 Å². The molecule has 1 aromatic rings. The van der Waals surface area contributed by atoms with E-state index in [2.05, 4.69) is 15.9 Å². The van der Waals surface area contributed by atoms with Gasteiger partial charge >= 0.3 is 5.97 Å². The largest absolute Gasteiger partial charge is 0.459 e. The topological polar surface area (TPSA) is 31.2 Å². The van der Waals surface area contributed by atoms with Gasteiger partial charge in [0, 0.05) is 0 Å². The molecule has 1 aliphatic rings. The molecule has 0 aromatic carbocycles. The van der Waals surface area contributed by atoms with E-state index in [4.69, 9.17) is 4.74 Å². The zero-order chi connectivity index (χ0) is 7.84. The van der Waals surface area contributed by atoms with E-state index in [-0.39, 0.29) is 5.97 Å². The fourth-order valence-electron chi connectivity index (χ4n) is 1.15. The molecule has 0 unspecified atom stereocenters. The van der Waals surface area contributed by atoms with Crippen molar-refractivity contribution in [3.63, 3.8) is 0 Å². The molecule has 0 N–H and O–H groups in total. The van der Waals surface area contributed by atoms with E-state index >= 15 is 0 Å². The van der Waals surface area contributed by atoms with Gasteiger partial charge in [-0.25, -0.2) is 4.79 Å². The zero-order valence-corrected chi connectivity index (χ0v) is 7.30. The van der Waals surface area contributed by atoms with Gasteiger partial charge < -0.3 is 9.30 Å². The van der Waals surface area contributed by atoms with Crippen molar-refractivity contribution in [2.75, 3.05) is 6.61 Å². The summed E-state index contributed by atoms with van der Waals surface area (Å²) < 4.78 is 7.67. The van der Waals surface area contributed by atoms with Gasteiger partial charge in [0.05, 0.1) is 11.1 Å². The number of aromatic nitrogens is 1. The Morgan fingerprint density at radius 2 is 2.36 bits per heavy atom. The number of ether oxygens (including phenoxy) is 1. The van der Waals surface area contributed by atoms with Crippen molar-refractivity contribution >= 4 is 21.9 Å². The molecule has 2 rings (SSSR count).